The van der Waals surface area contributed by atoms with E-state index in [1.807, 2.05) is 6.92 Å². The zero-order valence-electron chi connectivity index (χ0n) is 18.5. The van der Waals surface area contributed by atoms with Crippen molar-refractivity contribution < 1.29 is 13.2 Å². The normalized spacial score (nSPS) is 26.3. The van der Waals surface area contributed by atoms with E-state index in [4.69, 9.17) is 16.3 Å². The van der Waals surface area contributed by atoms with Crippen LogP contribution in [0.4, 0.5) is 5.95 Å². The molecular formula is C22H35ClN4O3S. The molecule has 0 radical (unpaired) electrons. The first-order chi connectivity index (χ1) is 15.0. The van der Waals surface area contributed by atoms with Crippen LogP contribution in [0.5, 0.6) is 0 Å². The predicted octanol–water partition coefficient (Wildman–Crippen LogP) is 3.45. The molecule has 0 N–H and O–H groups in total. The summed E-state index contributed by atoms with van der Waals surface area (Å²) in [5.41, 5.74) is 0. The molecule has 1 aromatic heterocycles. The van der Waals surface area contributed by atoms with Crippen molar-refractivity contribution in [2.45, 2.75) is 45.4 Å². The molecule has 0 spiro atoms. The summed E-state index contributed by atoms with van der Waals surface area (Å²) in [6.45, 7) is 6.87. The fourth-order valence-corrected chi connectivity index (χ4v) is 6.80. The summed E-state index contributed by atoms with van der Waals surface area (Å²) in [7, 11) is -3.05. The second kappa shape index (κ2) is 10.3. The van der Waals surface area contributed by atoms with Crippen molar-refractivity contribution >= 4 is 27.6 Å². The molecule has 3 aliphatic rings. The van der Waals surface area contributed by atoms with E-state index in [1.54, 1.807) is 16.7 Å². The summed E-state index contributed by atoms with van der Waals surface area (Å²) in [5.74, 6) is 3.83. The zero-order chi connectivity index (χ0) is 21.8. The van der Waals surface area contributed by atoms with Crippen LogP contribution in [0.2, 0.25) is 5.02 Å². The van der Waals surface area contributed by atoms with E-state index in [9.17, 15) is 8.42 Å². The standard InChI is InChI=1S/C22H35ClN4O3S/c1-2-11-31(28,29)27-9-3-17(4-10-27)15-30-16-19-12-21(19)18-5-7-26(8-6-18)22-24-13-20(23)14-25-22/h13-14,17-19,21H,2-12,15-16H2,1H3/t19?,21-/m1/s1. The Hall–Kier alpha value is -0.960. The maximum Gasteiger partial charge on any atom is 0.225 e. The molecule has 1 aromatic rings. The van der Waals surface area contributed by atoms with Gasteiger partial charge in [0.15, 0.2) is 0 Å². The van der Waals surface area contributed by atoms with E-state index in [0.29, 0.717) is 36.4 Å². The highest BCUT2D eigenvalue weighted by Gasteiger charge is 2.43. The number of hydrogen-bond donors (Lipinski definition) is 0. The molecule has 0 aromatic carbocycles. The Bertz CT molecular complexity index is 807. The van der Waals surface area contributed by atoms with E-state index < -0.39 is 10.0 Å². The minimum atomic E-state index is -3.05. The predicted molar refractivity (Wildman–Crippen MR) is 123 cm³/mol. The van der Waals surface area contributed by atoms with E-state index in [2.05, 4.69) is 14.9 Å². The zero-order valence-corrected chi connectivity index (χ0v) is 20.0. The van der Waals surface area contributed by atoms with Crippen LogP contribution in [0.1, 0.15) is 45.4 Å². The molecule has 2 saturated heterocycles. The highest BCUT2D eigenvalue weighted by atomic mass is 35.5. The van der Waals surface area contributed by atoms with Crippen molar-refractivity contribution in [2.24, 2.45) is 23.7 Å². The fourth-order valence-electron chi connectivity index (χ4n) is 5.16. The third-order valence-electron chi connectivity index (χ3n) is 7.13. The van der Waals surface area contributed by atoms with Gasteiger partial charge in [-0.05, 0) is 62.2 Å². The summed E-state index contributed by atoms with van der Waals surface area (Å²) >= 11 is 5.89. The Kier molecular flexibility index (Phi) is 7.72. The van der Waals surface area contributed by atoms with Crippen LogP contribution in [0.3, 0.4) is 0 Å². The van der Waals surface area contributed by atoms with Crippen LogP contribution in [0, 0.1) is 23.7 Å². The molecule has 1 aliphatic carbocycles. The quantitative estimate of drug-likeness (QED) is 0.550. The Balaban J connectivity index is 1.11. The van der Waals surface area contributed by atoms with Crippen molar-refractivity contribution in [3.8, 4) is 0 Å². The number of rotatable bonds is 9. The van der Waals surface area contributed by atoms with Crippen LogP contribution >= 0.6 is 11.6 Å². The van der Waals surface area contributed by atoms with Crippen LogP contribution in [-0.2, 0) is 14.8 Å². The van der Waals surface area contributed by atoms with Crippen molar-refractivity contribution in [1.29, 1.82) is 0 Å². The highest BCUT2D eigenvalue weighted by molar-refractivity contribution is 7.89. The molecule has 2 aliphatic heterocycles. The van der Waals surface area contributed by atoms with Crippen LogP contribution in [0.25, 0.3) is 0 Å². The van der Waals surface area contributed by atoms with E-state index in [1.165, 1.54) is 19.3 Å². The van der Waals surface area contributed by atoms with Gasteiger partial charge in [-0.25, -0.2) is 22.7 Å². The number of halogens is 1. The average Bonchev–Trinajstić information content (AvgIpc) is 3.54. The van der Waals surface area contributed by atoms with Gasteiger partial charge in [0.2, 0.25) is 16.0 Å². The van der Waals surface area contributed by atoms with Gasteiger partial charge >= 0.3 is 0 Å². The molecule has 1 unspecified atom stereocenters. The highest BCUT2D eigenvalue weighted by Crippen LogP contribution is 2.48. The summed E-state index contributed by atoms with van der Waals surface area (Å²) in [6, 6.07) is 0. The summed E-state index contributed by atoms with van der Waals surface area (Å²) in [4.78, 5) is 10.9. The second-order valence-electron chi connectivity index (χ2n) is 9.38. The molecule has 3 fully saturated rings. The summed E-state index contributed by atoms with van der Waals surface area (Å²) in [6.07, 6.45) is 9.52. The Morgan fingerprint density at radius 2 is 1.74 bits per heavy atom. The first kappa shape index (κ1) is 23.2. The smallest absolute Gasteiger partial charge is 0.225 e. The summed E-state index contributed by atoms with van der Waals surface area (Å²) < 4.78 is 32.1. The Morgan fingerprint density at radius 1 is 1.06 bits per heavy atom. The minimum absolute atomic E-state index is 0.267. The first-order valence-electron chi connectivity index (χ1n) is 11.7. The average molecular weight is 471 g/mol. The Labute approximate surface area is 191 Å². The van der Waals surface area contributed by atoms with E-state index in [-0.39, 0.29) is 5.75 Å². The molecule has 174 valence electrons. The van der Waals surface area contributed by atoms with Crippen LogP contribution in [0.15, 0.2) is 12.4 Å². The molecule has 0 bridgehead atoms. The molecule has 4 rings (SSSR count). The minimum Gasteiger partial charge on any atom is -0.381 e. The van der Waals surface area contributed by atoms with E-state index in [0.717, 1.165) is 56.9 Å². The number of ether oxygens (including phenoxy) is 1. The maximum atomic E-state index is 12.2. The molecular weight excluding hydrogens is 436 g/mol. The molecule has 1 saturated carbocycles. The van der Waals surface area contributed by atoms with Crippen LogP contribution < -0.4 is 4.90 Å². The lowest BCUT2D eigenvalue weighted by Gasteiger charge is -2.32. The second-order valence-corrected chi connectivity index (χ2v) is 11.9. The maximum absolute atomic E-state index is 12.2. The third kappa shape index (κ3) is 6.09. The van der Waals surface area contributed by atoms with Gasteiger partial charge in [-0.2, -0.15) is 0 Å². The number of nitrogens with zero attached hydrogens (tertiary/aromatic N) is 4. The lowest BCUT2D eigenvalue weighted by atomic mass is 9.91. The monoisotopic (exact) mass is 470 g/mol. The van der Waals surface area contributed by atoms with Gasteiger partial charge in [-0.1, -0.05) is 18.5 Å². The van der Waals surface area contributed by atoms with Crippen molar-refractivity contribution in [3.05, 3.63) is 17.4 Å². The van der Waals surface area contributed by atoms with Gasteiger partial charge in [0.1, 0.15) is 0 Å². The molecule has 3 heterocycles. The van der Waals surface area contributed by atoms with Gasteiger partial charge < -0.3 is 9.64 Å². The molecule has 9 heteroatoms. The number of hydrogen-bond acceptors (Lipinski definition) is 6. The SMILES string of the molecule is CCCS(=O)(=O)N1CCC(COCC2C[C@@H]2C2CCN(c3ncc(Cl)cn3)CC2)CC1. The summed E-state index contributed by atoms with van der Waals surface area (Å²) in [5, 5.41) is 0.575. The topological polar surface area (TPSA) is 75.6 Å². The number of piperidine rings is 2. The third-order valence-corrected chi connectivity index (χ3v) is 9.40. The number of anilines is 1. The largest absolute Gasteiger partial charge is 0.381 e. The van der Waals surface area contributed by atoms with E-state index >= 15 is 0 Å². The molecule has 7 nitrogen and oxygen atoms in total. The van der Waals surface area contributed by atoms with Gasteiger partial charge in [0, 0.05) is 39.4 Å². The molecule has 31 heavy (non-hydrogen) atoms. The van der Waals surface area contributed by atoms with Crippen molar-refractivity contribution in [2.75, 3.05) is 50.0 Å². The van der Waals surface area contributed by atoms with Gasteiger partial charge in [-0.15, -0.1) is 0 Å². The van der Waals surface area contributed by atoms with Gasteiger partial charge in [0.05, 0.1) is 23.2 Å². The van der Waals surface area contributed by atoms with Crippen molar-refractivity contribution in [1.82, 2.24) is 14.3 Å². The lowest BCUT2D eigenvalue weighted by Crippen LogP contribution is -2.40. The number of aromatic nitrogens is 2. The molecule has 0 amide bonds. The van der Waals surface area contributed by atoms with Gasteiger partial charge in [0.25, 0.3) is 0 Å². The fraction of sp³-hybridized carbons (Fsp3) is 0.818. The van der Waals surface area contributed by atoms with Crippen molar-refractivity contribution in [3.63, 3.8) is 0 Å². The van der Waals surface area contributed by atoms with Crippen LogP contribution in [-0.4, -0.2) is 67.8 Å². The van der Waals surface area contributed by atoms with Gasteiger partial charge in [-0.3, -0.25) is 0 Å². The first-order valence-corrected chi connectivity index (χ1v) is 13.7. The molecule has 2 atom stereocenters. The number of sulfonamides is 1. The Morgan fingerprint density at radius 3 is 2.39 bits per heavy atom. The lowest BCUT2D eigenvalue weighted by molar-refractivity contribution is 0.0684.